The highest BCUT2D eigenvalue weighted by Crippen LogP contribution is 2.34. The molecule has 0 bridgehead atoms. The van der Waals surface area contributed by atoms with Crippen LogP contribution in [0.15, 0.2) is 35.9 Å². The van der Waals surface area contributed by atoms with Crippen LogP contribution in [0, 0.1) is 0 Å². The maximum atomic E-state index is 11.8. The molecule has 0 spiro atoms. The van der Waals surface area contributed by atoms with E-state index in [1.165, 1.54) is 0 Å². The molecule has 1 heterocycles. The van der Waals surface area contributed by atoms with Crippen LogP contribution in [0.5, 0.6) is 0 Å². The largest absolute Gasteiger partial charge is 0.459 e. The molecule has 0 saturated carbocycles. The average Bonchev–Trinajstić information content (AvgIpc) is 2.68. The van der Waals surface area contributed by atoms with Crippen LogP contribution < -0.4 is 0 Å². The van der Waals surface area contributed by atoms with E-state index < -0.39 is 5.60 Å². The molecule has 1 aliphatic rings. The van der Waals surface area contributed by atoms with Gasteiger partial charge in [0.25, 0.3) is 0 Å². The van der Waals surface area contributed by atoms with Crippen molar-refractivity contribution in [2.45, 2.75) is 38.4 Å². The summed E-state index contributed by atoms with van der Waals surface area (Å²) in [6, 6.07) is 9.33. The zero-order valence-electron chi connectivity index (χ0n) is 11.0. The lowest BCUT2D eigenvalue weighted by molar-refractivity contribution is -0.140. The highest BCUT2D eigenvalue weighted by Gasteiger charge is 2.34. The monoisotopic (exact) mass is 280 g/mol. The molecule has 19 heavy (non-hydrogen) atoms. The molecule has 4 heteroatoms. The first-order valence-corrected chi connectivity index (χ1v) is 6.62. The normalized spacial score (nSPS) is 22.3. The van der Waals surface area contributed by atoms with Crippen molar-refractivity contribution < 1.29 is 14.6 Å². The zero-order valence-corrected chi connectivity index (χ0v) is 11.8. The number of carbonyl (C=O) groups is 1. The fourth-order valence-electron chi connectivity index (χ4n) is 2.18. The first kappa shape index (κ1) is 14.1. The van der Waals surface area contributed by atoms with E-state index in [0.717, 1.165) is 5.56 Å². The Bertz CT molecular complexity index is 500. The number of hydrogen-bond acceptors (Lipinski definition) is 3. The smallest absolute Gasteiger partial charge is 0.335 e. The summed E-state index contributed by atoms with van der Waals surface area (Å²) in [5.74, 6) is -0.386. The molecule has 1 aromatic rings. The Morgan fingerprint density at radius 3 is 2.63 bits per heavy atom. The zero-order chi connectivity index (χ0) is 14.0. The van der Waals surface area contributed by atoms with Gasteiger partial charge in [0.05, 0.1) is 16.2 Å². The minimum atomic E-state index is -0.861. The molecule has 1 saturated heterocycles. The van der Waals surface area contributed by atoms with Gasteiger partial charge in [-0.25, -0.2) is 4.79 Å². The second-order valence-electron chi connectivity index (χ2n) is 5.41. The van der Waals surface area contributed by atoms with Gasteiger partial charge < -0.3 is 9.84 Å². The molecule has 0 amide bonds. The number of ether oxygens (including phenoxy) is 1. The molecule has 1 aliphatic heterocycles. The number of benzene rings is 1. The minimum absolute atomic E-state index is 0.306. The lowest BCUT2D eigenvalue weighted by Crippen LogP contribution is -2.25. The van der Waals surface area contributed by atoms with Crippen molar-refractivity contribution in [3.05, 3.63) is 41.5 Å². The molecular formula is C15H17ClO3. The molecule has 0 radical (unpaired) electrons. The van der Waals surface area contributed by atoms with Crippen molar-refractivity contribution in [1.29, 1.82) is 0 Å². The summed E-state index contributed by atoms with van der Waals surface area (Å²) in [5, 5.41) is 10.2. The first-order valence-electron chi connectivity index (χ1n) is 6.24. The summed E-state index contributed by atoms with van der Waals surface area (Å²) >= 11 is 6.26. The van der Waals surface area contributed by atoms with E-state index in [2.05, 4.69) is 0 Å². The maximum Gasteiger partial charge on any atom is 0.335 e. The molecule has 1 aromatic carbocycles. The van der Waals surface area contributed by atoms with Crippen LogP contribution in [0.2, 0.25) is 0 Å². The number of rotatable bonds is 3. The first-order chi connectivity index (χ1) is 8.87. The third kappa shape index (κ3) is 3.58. The Balaban J connectivity index is 2.20. The van der Waals surface area contributed by atoms with Gasteiger partial charge in [0.2, 0.25) is 0 Å². The van der Waals surface area contributed by atoms with Crippen LogP contribution in [0.4, 0.5) is 0 Å². The summed E-state index contributed by atoms with van der Waals surface area (Å²) in [5.41, 5.74) is 0.432. The molecule has 102 valence electrons. The van der Waals surface area contributed by atoms with Crippen molar-refractivity contribution in [1.82, 2.24) is 0 Å². The minimum Gasteiger partial charge on any atom is -0.459 e. The molecule has 1 unspecified atom stereocenters. The van der Waals surface area contributed by atoms with E-state index in [4.69, 9.17) is 16.3 Å². The van der Waals surface area contributed by atoms with Crippen LogP contribution in [0.1, 0.15) is 32.3 Å². The van der Waals surface area contributed by atoms with Crippen molar-refractivity contribution in [2.75, 3.05) is 0 Å². The molecule has 0 aromatic heterocycles. The Hall–Kier alpha value is -1.32. The van der Waals surface area contributed by atoms with Gasteiger partial charge in [0.15, 0.2) is 0 Å². The predicted molar refractivity (Wildman–Crippen MR) is 74.6 cm³/mol. The SMILES string of the molecule is CC(C)(O)CC1C/C(=C(/Cl)c2ccccc2)C(=O)O1. The highest BCUT2D eigenvalue weighted by molar-refractivity contribution is 6.51. The van der Waals surface area contributed by atoms with Crippen molar-refractivity contribution in [2.24, 2.45) is 0 Å². The number of aliphatic hydroxyl groups is 1. The van der Waals surface area contributed by atoms with Gasteiger partial charge in [-0.2, -0.15) is 0 Å². The lowest BCUT2D eigenvalue weighted by Gasteiger charge is -2.20. The molecule has 2 rings (SSSR count). The van der Waals surface area contributed by atoms with E-state index in [0.29, 0.717) is 23.4 Å². The van der Waals surface area contributed by atoms with Crippen LogP contribution in [0.25, 0.3) is 5.03 Å². The lowest BCUT2D eigenvalue weighted by atomic mass is 9.97. The van der Waals surface area contributed by atoms with Crippen LogP contribution in [-0.4, -0.2) is 22.8 Å². The van der Waals surface area contributed by atoms with Gasteiger partial charge in [-0.3, -0.25) is 0 Å². The molecular weight excluding hydrogens is 264 g/mol. The van der Waals surface area contributed by atoms with Gasteiger partial charge in [0, 0.05) is 12.8 Å². The summed E-state index contributed by atoms with van der Waals surface area (Å²) in [6.45, 7) is 3.39. The van der Waals surface area contributed by atoms with Gasteiger partial charge in [-0.15, -0.1) is 0 Å². The van der Waals surface area contributed by atoms with Gasteiger partial charge in [-0.05, 0) is 19.4 Å². The quantitative estimate of drug-likeness (QED) is 0.683. The third-order valence-electron chi connectivity index (χ3n) is 2.97. The third-order valence-corrected chi connectivity index (χ3v) is 3.42. The van der Waals surface area contributed by atoms with Crippen molar-refractivity contribution >= 4 is 22.6 Å². The van der Waals surface area contributed by atoms with Gasteiger partial charge in [-0.1, -0.05) is 41.9 Å². The molecule has 1 atom stereocenters. The average molecular weight is 281 g/mol. The van der Waals surface area contributed by atoms with Crippen molar-refractivity contribution in [3.63, 3.8) is 0 Å². The molecule has 1 N–H and O–H groups in total. The van der Waals surface area contributed by atoms with Crippen LogP contribution >= 0.6 is 11.6 Å². The fourth-order valence-corrected chi connectivity index (χ4v) is 2.46. The second kappa shape index (κ2) is 5.35. The molecule has 0 aliphatic carbocycles. The summed E-state index contributed by atoms with van der Waals surface area (Å²) in [6.07, 6.45) is 0.539. The van der Waals surface area contributed by atoms with E-state index >= 15 is 0 Å². The van der Waals surface area contributed by atoms with E-state index in [1.54, 1.807) is 13.8 Å². The highest BCUT2D eigenvalue weighted by atomic mass is 35.5. The van der Waals surface area contributed by atoms with Gasteiger partial charge in [0.1, 0.15) is 6.10 Å². The van der Waals surface area contributed by atoms with Crippen LogP contribution in [-0.2, 0) is 9.53 Å². The maximum absolute atomic E-state index is 11.8. The number of halogens is 1. The molecule has 1 fully saturated rings. The Morgan fingerprint density at radius 2 is 2.05 bits per heavy atom. The van der Waals surface area contributed by atoms with E-state index in [9.17, 15) is 9.90 Å². The predicted octanol–water partition coefficient (Wildman–Crippen LogP) is 3.11. The standard InChI is InChI=1S/C15H17ClO3/c1-15(2,18)9-11-8-12(14(17)19-11)13(16)10-6-4-3-5-7-10/h3-7,11,18H,8-9H2,1-2H3/b13-12-. The Morgan fingerprint density at radius 1 is 1.42 bits per heavy atom. The fraction of sp³-hybridized carbons (Fsp3) is 0.400. The molecule has 3 nitrogen and oxygen atoms in total. The van der Waals surface area contributed by atoms with Crippen LogP contribution in [0.3, 0.4) is 0 Å². The van der Waals surface area contributed by atoms with E-state index in [1.807, 2.05) is 30.3 Å². The Kier molecular flexibility index (Phi) is 3.97. The number of esters is 1. The topological polar surface area (TPSA) is 46.5 Å². The van der Waals surface area contributed by atoms with Crippen molar-refractivity contribution in [3.8, 4) is 0 Å². The van der Waals surface area contributed by atoms with E-state index in [-0.39, 0.29) is 12.1 Å². The second-order valence-corrected chi connectivity index (χ2v) is 5.78. The number of cyclic esters (lactones) is 1. The summed E-state index contributed by atoms with van der Waals surface area (Å²) in [7, 11) is 0. The summed E-state index contributed by atoms with van der Waals surface area (Å²) < 4.78 is 5.25. The number of hydrogen-bond donors (Lipinski definition) is 1. The summed E-state index contributed by atoms with van der Waals surface area (Å²) in [4.78, 5) is 11.8. The van der Waals surface area contributed by atoms with Gasteiger partial charge >= 0.3 is 5.97 Å². The Labute approximate surface area is 117 Å². The number of carbonyl (C=O) groups excluding carboxylic acids is 1.